The van der Waals surface area contributed by atoms with Crippen molar-refractivity contribution < 1.29 is 28.2 Å². The van der Waals surface area contributed by atoms with Gasteiger partial charge in [0.25, 0.3) is 11.8 Å². The van der Waals surface area contributed by atoms with Crippen LogP contribution in [0, 0.1) is 5.82 Å². The third-order valence-electron chi connectivity index (χ3n) is 7.02. The summed E-state index contributed by atoms with van der Waals surface area (Å²) in [4.78, 5) is 40.4. The third kappa shape index (κ3) is 6.16. The Hall–Kier alpha value is -5.47. The molecule has 0 radical (unpaired) electrons. The predicted molar refractivity (Wildman–Crippen MR) is 166 cm³/mol. The molecule has 218 valence electrons. The normalized spacial score (nSPS) is 14.2. The summed E-state index contributed by atoms with van der Waals surface area (Å²) in [5.74, 6) is -1.11. The molecule has 0 unspecified atom stereocenters. The maximum absolute atomic E-state index is 13.7. The number of hydrogen-bond acceptors (Lipinski definition) is 5. The Balaban J connectivity index is 1.29. The number of halogens is 2. The van der Waals surface area contributed by atoms with Gasteiger partial charge >= 0.3 is 6.03 Å². The maximum atomic E-state index is 13.7. The van der Waals surface area contributed by atoms with Gasteiger partial charge in [-0.1, -0.05) is 66.2 Å². The van der Waals surface area contributed by atoms with Crippen LogP contribution in [0.1, 0.15) is 16.7 Å². The lowest BCUT2D eigenvalue weighted by atomic mass is 9.99. The number of carbonyl (C=O) groups excluding carboxylic acids is 3. The number of fused-ring (bicyclic) bond motifs is 1. The van der Waals surface area contributed by atoms with Crippen molar-refractivity contribution in [3.8, 4) is 11.5 Å². The van der Waals surface area contributed by atoms with Crippen LogP contribution in [0.4, 0.5) is 14.9 Å². The van der Waals surface area contributed by atoms with Crippen LogP contribution in [-0.4, -0.2) is 17.8 Å². The summed E-state index contributed by atoms with van der Waals surface area (Å²) in [5.41, 5.74) is 2.01. The highest BCUT2D eigenvalue weighted by atomic mass is 35.5. The molecule has 1 N–H and O–H groups in total. The average Bonchev–Trinajstić information content (AvgIpc) is 3.02. The molecule has 1 aliphatic heterocycles. The number of barbiturate groups is 1. The molecule has 7 nitrogen and oxygen atoms in total. The Labute approximate surface area is 257 Å². The van der Waals surface area contributed by atoms with Crippen LogP contribution < -0.4 is 19.7 Å². The molecule has 4 amide bonds. The molecule has 0 aliphatic carbocycles. The fourth-order valence-electron chi connectivity index (χ4n) is 4.81. The number of rotatable bonds is 8. The van der Waals surface area contributed by atoms with E-state index >= 15 is 0 Å². The van der Waals surface area contributed by atoms with Crippen molar-refractivity contribution >= 4 is 52.0 Å². The van der Waals surface area contributed by atoms with E-state index in [0.717, 1.165) is 21.2 Å². The van der Waals surface area contributed by atoms with E-state index in [0.29, 0.717) is 34.3 Å². The van der Waals surface area contributed by atoms with Gasteiger partial charge in [0.2, 0.25) is 0 Å². The second-order valence-electron chi connectivity index (χ2n) is 9.98. The van der Waals surface area contributed by atoms with Crippen LogP contribution in [0.15, 0.2) is 115 Å². The first-order valence-corrected chi connectivity index (χ1v) is 14.0. The Kier molecular flexibility index (Phi) is 8.08. The molecule has 0 spiro atoms. The number of hydrogen-bond donors (Lipinski definition) is 1. The second-order valence-corrected chi connectivity index (χ2v) is 10.4. The summed E-state index contributed by atoms with van der Waals surface area (Å²) < 4.78 is 25.6. The van der Waals surface area contributed by atoms with Crippen LogP contribution in [0.5, 0.6) is 11.5 Å². The SMILES string of the molecule is O=C1NC(=O)N(c2ccc(OCc3ccc(Cl)cc3)cc2)C(=O)/C1=C/c1c(OCc2cccc(F)c2)ccc2ccccc12. The van der Waals surface area contributed by atoms with Gasteiger partial charge < -0.3 is 9.47 Å². The highest BCUT2D eigenvalue weighted by molar-refractivity contribution is 6.39. The van der Waals surface area contributed by atoms with Gasteiger partial charge in [0.05, 0.1) is 5.69 Å². The van der Waals surface area contributed by atoms with E-state index in [1.807, 2.05) is 42.5 Å². The number of anilines is 1. The summed E-state index contributed by atoms with van der Waals surface area (Å²) in [6, 6.07) is 29.8. The highest BCUT2D eigenvalue weighted by Crippen LogP contribution is 2.33. The summed E-state index contributed by atoms with van der Waals surface area (Å²) in [7, 11) is 0. The van der Waals surface area contributed by atoms with E-state index in [1.165, 1.54) is 18.2 Å². The molecule has 0 bridgehead atoms. The third-order valence-corrected chi connectivity index (χ3v) is 7.27. The zero-order valence-electron chi connectivity index (χ0n) is 23.1. The molecule has 1 fully saturated rings. The van der Waals surface area contributed by atoms with Crippen molar-refractivity contribution in [1.82, 2.24) is 5.32 Å². The van der Waals surface area contributed by atoms with E-state index in [9.17, 15) is 18.8 Å². The molecule has 1 saturated heterocycles. The lowest BCUT2D eigenvalue weighted by molar-refractivity contribution is -0.122. The molecule has 6 rings (SSSR count). The van der Waals surface area contributed by atoms with Crippen molar-refractivity contribution in [2.75, 3.05) is 4.90 Å². The first-order valence-electron chi connectivity index (χ1n) is 13.6. The summed E-state index contributed by atoms with van der Waals surface area (Å²) in [5, 5.41) is 4.46. The number of nitrogens with zero attached hydrogens (tertiary/aromatic N) is 1. The lowest BCUT2D eigenvalue weighted by Gasteiger charge is -2.26. The molecule has 9 heteroatoms. The molecule has 1 heterocycles. The smallest absolute Gasteiger partial charge is 0.335 e. The van der Waals surface area contributed by atoms with Crippen molar-refractivity contribution in [3.05, 3.63) is 142 Å². The van der Waals surface area contributed by atoms with Crippen molar-refractivity contribution in [1.29, 1.82) is 0 Å². The zero-order chi connectivity index (χ0) is 30.6. The number of imide groups is 2. The fraction of sp³-hybridized carbons (Fsp3) is 0.0571. The largest absolute Gasteiger partial charge is 0.489 e. The minimum absolute atomic E-state index is 0.0590. The number of benzene rings is 5. The lowest BCUT2D eigenvalue weighted by Crippen LogP contribution is -2.54. The second kappa shape index (κ2) is 12.4. The molecule has 1 aliphatic rings. The Bertz CT molecular complexity index is 1920. The molecular weight excluding hydrogens is 583 g/mol. The molecular formula is C35H24ClFN2O5. The van der Waals surface area contributed by atoms with Gasteiger partial charge in [-0.25, -0.2) is 14.1 Å². The minimum atomic E-state index is -0.868. The van der Waals surface area contributed by atoms with Crippen molar-refractivity contribution in [2.24, 2.45) is 0 Å². The zero-order valence-corrected chi connectivity index (χ0v) is 23.9. The number of carbonyl (C=O) groups is 3. The molecule has 5 aromatic carbocycles. The van der Waals surface area contributed by atoms with Crippen LogP contribution in [0.3, 0.4) is 0 Å². The van der Waals surface area contributed by atoms with E-state index < -0.39 is 17.8 Å². The summed E-state index contributed by atoms with van der Waals surface area (Å²) >= 11 is 5.94. The summed E-state index contributed by atoms with van der Waals surface area (Å²) in [6.07, 6.45) is 1.42. The number of ether oxygens (including phenoxy) is 2. The van der Waals surface area contributed by atoms with Crippen LogP contribution in [-0.2, 0) is 22.8 Å². The standard InChI is InChI=1S/C35H24ClFN2O5/c36-25-11-8-22(9-12-25)20-43-28-15-13-27(14-16-28)39-34(41)31(33(40)38-35(39)42)19-30-29-7-2-1-5-24(29)10-17-32(30)44-21-23-4-3-6-26(37)18-23/h1-19H,20-21H2,(H,38,40,42)/b31-19+. The van der Waals surface area contributed by atoms with Gasteiger partial charge in [0.1, 0.15) is 36.1 Å². The Morgan fingerprint density at radius 3 is 2.30 bits per heavy atom. The topological polar surface area (TPSA) is 84.9 Å². The van der Waals surface area contributed by atoms with Crippen LogP contribution in [0.25, 0.3) is 16.8 Å². The molecule has 5 aromatic rings. The Morgan fingerprint density at radius 1 is 0.773 bits per heavy atom. The van der Waals surface area contributed by atoms with Crippen LogP contribution in [0.2, 0.25) is 5.02 Å². The fourth-order valence-corrected chi connectivity index (χ4v) is 4.94. The first kappa shape index (κ1) is 28.6. The van der Waals surface area contributed by atoms with E-state index in [-0.39, 0.29) is 23.7 Å². The van der Waals surface area contributed by atoms with Crippen molar-refractivity contribution in [2.45, 2.75) is 13.2 Å². The highest BCUT2D eigenvalue weighted by Gasteiger charge is 2.37. The van der Waals surface area contributed by atoms with Gasteiger partial charge in [0.15, 0.2) is 0 Å². The van der Waals surface area contributed by atoms with E-state index in [4.69, 9.17) is 21.1 Å². The molecule has 0 aromatic heterocycles. The van der Waals surface area contributed by atoms with Crippen LogP contribution >= 0.6 is 11.6 Å². The first-order chi connectivity index (χ1) is 21.4. The predicted octanol–water partition coefficient (Wildman–Crippen LogP) is 7.46. The van der Waals surface area contributed by atoms with Gasteiger partial charge in [0, 0.05) is 10.6 Å². The maximum Gasteiger partial charge on any atom is 0.335 e. The van der Waals surface area contributed by atoms with E-state index in [1.54, 1.807) is 54.6 Å². The monoisotopic (exact) mass is 606 g/mol. The quantitative estimate of drug-likeness (QED) is 0.146. The van der Waals surface area contributed by atoms with Gasteiger partial charge in [-0.3, -0.25) is 14.9 Å². The summed E-state index contributed by atoms with van der Waals surface area (Å²) in [6.45, 7) is 0.360. The molecule has 0 atom stereocenters. The number of amides is 4. The number of nitrogens with one attached hydrogen (secondary N) is 1. The molecule has 44 heavy (non-hydrogen) atoms. The number of urea groups is 1. The molecule has 0 saturated carbocycles. The van der Waals surface area contributed by atoms with Gasteiger partial charge in [-0.15, -0.1) is 0 Å². The van der Waals surface area contributed by atoms with Crippen molar-refractivity contribution in [3.63, 3.8) is 0 Å². The van der Waals surface area contributed by atoms with Gasteiger partial charge in [-0.05, 0) is 82.6 Å². The average molecular weight is 607 g/mol. The Morgan fingerprint density at radius 2 is 1.52 bits per heavy atom. The van der Waals surface area contributed by atoms with E-state index in [2.05, 4.69) is 5.32 Å². The van der Waals surface area contributed by atoms with Gasteiger partial charge in [-0.2, -0.15) is 0 Å². The minimum Gasteiger partial charge on any atom is -0.489 e.